The lowest BCUT2D eigenvalue weighted by Gasteiger charge is -2.20. The number of hydrogen-bond acceptors (Lipinski definition) is 4. The maximum absolute atomic E-state index is 13.7. The quantitative estimate of drug-likeness (QED) is 0.591. The Balaban J connectivity index is 2.72. The van der Waals surface area contributed by atoms with Crippen molar-refractivity contribution in [3.63, 3.8) is 0 Å². The van der Waals surface area contributed by atoms with Crippen LogP contribution in [0.4, 0.5) is 14.9 Å². The average molecular weight is 417 g/mol. The first-order chi connectivity index (χ1) is 11.7. The van der Waals surface area contributed by atoms with E-state index in [2.05, 4.69) is 37.1 Å². The fourth-order valence-electron chi connectivity index (χ4n) is 1.93. The summed E-state index contributed by atoms with van der Waals surface area (Å²) in [7, 11) is 0. The second-order valence-electron chi connectivity index (χ2n) is 5.61. The number of carbonyl (C=O) groups is 3. The zero-order chi connectivity index (χ0) is 19.0. The lowest BCUT2D eigenvalue weighted by Crippen LogP contribution is -2.49. The van der Waals surface area contributed by atoms with Gasteiger partial charge in [-0.15, -0.1) is 4.91 Å². The molecule has 0 aliphatic rings. The number of rotatable bonds is 7. The number of nitroso groups, excluding NO2 is 1. The van der Waals surface area contributed by atoms with Gasteiger partial charge in [-0.1, -0.05) is 29.8 Å². The summed E-state index contributed by atoms with van der Waals surface area (Å²) in [4.78, 5) is 45.0. The van der Waals surface area contributed by atoms with E-state index >= 15 is 0 Å². The summed E-state index contributed by atoms with van der Waals surface area (Å²) in [5, 5.41) is 9.12. The molecule has 0 radical (unpaired) electrons. The van der Waals surface area contributed by atoms with Gasteiger partial charge in [0.15, 0.2) is 0 Å². The van der Waals surface area contributed by atoms with Crippen LogP contribution in [0, 0.1) is 16.6 Å². The van der Waals surface area contributed by atoms with Gasteiger partial charge in [0.05, 0.1) is 5.69 Å². The van der Waals surface area contributed by atoms with Crippen LogP contribution in [0.3, 0.4) is 0 Å². The highest BCUT2D eigenvalue weighted by Gasteiger charge is 2.23. The molecule has 4 amide bonds. The van der Waals surface area contributed by atoms with E-state index in [9.17, 15) is 23.7 Å². The van der Waals surface area contributed by atoms with Crippen molar-refractivity contribution >= 4 is 39.5 Å². The van der Waals surface area contributed by atoms with E-state index < -0.39 is 36.2 Å². The second-order valence-corrected chi connectivity index (χ2v) is 6.52. The van der Waals surface area contributed by atoms with Crippen molar-refractivity contribution in [2.24, 2.45) is 11.1 Å². The number of nitrogens with zero attached hydrogens (tertiary/aromatic N) is 1. The van der Waals surface area contributed by atoms with Gasteiger partial charge in [-0.05, 0) is 30.5 Å². The van der Waals surface area contributed by atoms with E-state index in [0.717, 1.165) is 0 Å². The molecular weight excluding hydrogens is 399 g/mol. The molecule has 0 saturated heterocycles. The van der Waals surface area contributed by atoms with Crippen molar-refractivity contribution in [2.45, 2.75) is 26.3 Å². The molecule has 1 rings (SSSR count). The number of urea groups is 1. The molecule has 0 heterocycles. The largest absolute Gasteiger partial charge is 0.345 e. The SMILES string of the molecule is CC(C)C[C@H](NC(=O)Nc1ccc(Br)cc1F)C(=O)NCC(=O)N=O. The Labute approximate surface area is 152 Å². The van der Waals surface area contributed by atoms with Gasteiger partial charge in [0.2, 0.25) is 5.91 Å². The fourth-order valence-corrected chi connectivity index (χ4v) is 2.26. The van der Waals surface area contributed by atoms with Crippen molar-refractivity contribution in [3.8, 4) is 0 Å². The number of hydrogen-bond donors (Lipinski definition) is 3. The Hall–Kier alpha value is -2.36. The minimum absolute atomic E-state index is 0.0512. The van der Waals surface area contributed by atoms with Crippen LogP contribution in [0.25, 0.3) is 0 Å². The van der Waals surface area contributed by atoms with E-state index in [1.807, 2.05) is 13.8 Å². The van der Waals surface area contributed by atoms with Crippen LogP contribution in [0.5, 0.6) is 0 Å². The molecule has 0 fully saturated rings. The first kappa shape index (κ1) is 20.7. The predicted octanol–water partition coefficient (Wildman–Crippen LogP) is 2.53. The van der Waals surface area contributed by atoms with Crippen LogP contribution in [-0.2, 0) is 9.59 Å². The zero-order valence-electron chi connectivity index (χ0n) is 13.6. The lowest BCUT2D eigenvalue weighted by atomic mass is 10.0. The highest BCUT2D eigenvalue weighted by molar-refractivity contribution is 9.10. The third-order valence-corrected chi connectivity index (χ3v) is 3.52. The molecule has 1 atom stereocenters. The predicted molar refractivity (Wildman–Crippen MR) is 93.3 cm³/mol. The Morgan fingerprint density at radius 3 is 2.52 bits per heavy atom. The van der Waals surface area contributed by atoms with Crippen LogP contribution in [0.2, 0.25) is 0 Å². The number of amides is 4. The molecule has 0 aliphatic heterocycles. The van der Waals surface area contributed by atoms with Gasteiger partial charge in [0.1, 0.15) is 18.4 Å². The molecule has 0 spiro atoms. The Kier molecular flexibility index (Phi) is 8.12. The maximum atomic E-state index is 13.7. The lowest BCUT2D eigenvalue weighted by molar-refractivity contribution is -0.126. The molecule has 0 bridgehead atoms. The molecule has 1 aromatic rings. The third-order valence-electron chi connectivity index (χ3n) is 3.02. The minimum atomic E-state index is -1.03. The molecule has 136 valence electrons. The summed E-state index contributed by atoms with van der Waals surface area (Å²) < 4.78 is 14.3. The van der Waals surface area contributed by atoms with E-state index in [1.165, 1.54) is 12.1 Å². The molecule has 0 unspecified atom stereocenters. The molecule has 10 heteroatoms. The molecule has 8 nitrogen and oxygen atoms in total. The summed E-state index contributed by atoms with van der Waals surface area (Å²) in [5.41, 5.74) is -0.0512. The molecular formula is C15H18BrFN4O4. The highest BCUT2D eigenvalue weighted by atomic mass is 79.9. The molecule has 0 aliphatic carbocycles. The summed E-state index contributed by atoms with van der Waals surface area (Å²) in [6, 6.07) is 2.37. The molecule has 25 heavy (non-hydrogen) atoms. The molecule has 0 saturated carbocycles. The van der Waals surface area contributed by atoms with Crippen LogP contribution in [0.15, 0.2) is 27.8 Å². The number of carbonyl (C=O) groups excluding carboxylic acids is 3. The van der Waals surface area contributed by atoms with E-state index in [-0.39, 0.29) is 18.0 Å². The van der Waals surface area contributed by atoms with Gasteiger partial charge in [-0.25, -0.2) is 9.18 Å². The number of anilines is 1. The van der Waals surface area contributed by atoms with E-state index in [1.54, 1.807) is 6.07 Å². The first-order valence-electron chi connectivity index (χ1n) is 7.39. The van der Waals surface area contributed by atoms with Crippen LogP contribution >= 0.6 is 15.9 Å². The molecule has 1 aromatic carbocycles. The minimum Gasteiger partial charge on any atom is -0.345 e. The fraction of sp³-hybridized carbons (Fsp3) is 0.400. The summed E-state index contributed by atoms with van der Waals surface area (Å²) in [6.07, 6.45) is 0.283. The smallest absolute Gasteiger partial charge is 0.319 e. The van der Waals surface area contributed by atoms with Crippen molar-refractivity contribution in [1.29, 1.82) is 0 Å². The number of halogens is 2. The van der Waals surface area contributed by atoms with Gasteiger partial charge in [0, 0.05) is 9.65 Å². The van der Waals surface area contributed by atoms with Gasteiger partial charge < -0.3 is 16.0 Å². The van der Waals surface area contributed by atoms with Crippen LogP contribution < -0.4 is 16.0 Å². The molecule has 3 N–H and O–H groups in total. The first-order valence-corrected chi connectivity index (χ1v) is 8.18. The van der Waals surface area contributed by atoms with Gasteiger partial charge in [-0.3, -0.25) is 9.59 Å². The van der Waals surface area contributed by atoms with Crippen molar-refractivity contribution in [1.82, 2.24) is 10.6 Å². The standard InChI is InChI=1S/C15H18BrFN4O4/c1-8(2)5-12(14(23)18-7-13(22)21-25)20-15(24)19-11-4-3-9(16)6-10(11)17/h3-4,6,8,12H,5,7H2,1-2H3,(H,18,23)(H2,19,20,24)/t12-/m0/s1. The van der Waals surface area contributed by atoms with Crippen LogP contribution in [-0.4, -0.2) is 30.4 Å². The van der Waals surface area contributed by atoms with Gasteiger partial charge in [-0.2, -0.15) is 0 Å². The Bertz CT molecular complexity index is 669. The Morgan fingerprint density at radius 2 is 1.96 bits per heavy atom. The summed E-state index contributed by atoms with van der Waals surface area (Å²) in [5.74, 6) is -2.26. The molecule has 0 aromatic heterocycles. The van der Waals surface area contributed by atoms with Crippen molar-refractivity contribution < 1.29 is 18.8 Å². The highest BCUT2D eigenvalue weighted by Crippen LogP contribution is 2.19. The average Bonchev–Trinajstić information content (AvgIpc) is 2.53. The summed E-state index contributed by atoms with van der Waals surface area (Å²) >= 11 is 3.11. The van der Waals surface area contributed by atoms with Crippen molar-refractivity contribution in [3.05, 3.63) is 33.4 Å². The van der Waals surface area contributed by atoms with E-state index in [0.29, 0.717) is 4.47 Å². The van der Waals surface area contributed by atoms with Gasteiger partial charge in [0.25, 0.3) is 0 Å². The van der Waals surface area contributed by atoms with Crippen LogP contribution in [0.1, 0.15) is 20.3 Å². The number of nitrogens with one attached hydrogen (secondary N) is 3. The third kappa shape index (κ3) is 7.38. The Morgan fingerprint density at radius 1 is 1.28 bits per heavy atom. The number of benzene rings is 1. The normalized spacial score (nSPS) is 11.6. The topological polar surface area (TPSA) is 117 Å². The zero-order valence-corrected chi connectivity index (χ0v) is 15.2. The van der Waals surface area contributed by atoms with Gasteiger partial charge >= 0.3 is 11.9 Å². The van der Waals surface area contributed by atoms with E-state index in [4.69, 9.17) is 0 Å². The monoisotopic (exact) mass is 416 g/mol. The van der Waals surface area contributed by atoms with Crippen molar-refractivity contribution in [2.75, 3.05) is 11.9 Å². The second kappa shape index (κ2) is 9.82. The summed E-state index contributed by atoms with van der Waals surface area (Å²) in [6.45, 7) is 3.13. The maximum Gasteiger partial charge on any atom is 0.319 e.